The van der Waals surface area contributed by atoms with E-state index in [1.807, 2.05) is 6.92 Å². The Labute approximate surface area is 75.7 Å². The highest BCUT2D eigenvalue weighted by Crippen LogP contribution is 2.28. The smallest absolute Gasteiger partial charge is 0.155 e. The second kappa shape index (κ2) is 2.90. The summed E-state index contributed by atoms with van der Waals surface area (Å²) in [5.41, 5.74) is 0.798. The fourth-order valence-corrected chi connectivity index (χ4v) is 1.04. The van der Waals surface area contributed by atoms with Crippen LogP contribution in [0.15, 0.2) is 6.07 Å². The summed E-state index contributed by atoms with van der Waals surface area (Å²) in [7, 11) is 0. The van der Waals surface area contributed by atoms with Crippen LogP contribution in [0.3, 0.4) is 0 Å². The van der Waals surface area contributed by atoms with E-state index in [9.17, 15) is 0 Å². The first-order valence-corrected chi connectivity index (χ1v) is 4.30. The van der Waals surface area contributed by atoms with E-state index >= 15 is 0 Å². The average molecular weight is 185 g/mol. The summed E-state index contributed by atoms with van der Waals surface area (Å²) < 4.78 is 5.55. The molecule has 0 N–H and O–H groups in total. The number of aromatic nitrogens is 2. The van der Waals surface area contributed by atoms with Crippen LogP contribution in [0.4, 0.5) is 0 Å². The zero-order chi connectivity index (χ0) is 8.55. The predicted molar refractivity (Wildman–Crippen MR) is 45.4 cm³/mol. The van der Waals surface area contributed by atoms with Gasteiger partial charge in [0.05, 0.1) is 6.10 Å². The molecule has 0 unspecified atom stereocenters. The van der Waals surface area contributed by atoms with E-state index in [2.05, 4.69) is 10.2 Å². The molecule has 1 fully saturated rings. The zero-order valence-electron chi connectivity index (χ0n) is 6.75. The SMILES string of the molecule is Cc1nnc(Cl)cc1OC1CC1. The molecule has 0 atom stereocenters. The van der Waals surface area contributed by atoms with Crippen LogP contribution in [0.25, 0.3) is 0 Å². The lowest BCUT2D eigenvalue weighted by atomic mass is 10.4. The summed E-state index contributed by atoms with van der Waals surface area (Å²) in [6.45, 7) is 1.86. The summed E-state index contributed by atoms with van der Waals surface area (Å²) in [6.07, 6.45) is 2.66. The van der Waals surface area contributed by atoms with Crippen molar-refractivity contribution in [3.8, 4) is 5.75 Å². The molecule has 1 aromatic rings. The first-order chi connectivity index (χ1) is 5.75. The molecule has 0 radical (unpaired) electrons. The van der Waals surface area contributed by atoms with Crippen LogP contribution in [0.5, 0.6) is 5.75 Å². The third-order valence-corrected chi connectivity index (χ3v) is 1.91. The quantitative estimate of drug-likeness (QED) is 0.705. The molecule has 1 saturated carbocycles. The maximum absolute atomic E-state index is 5.67. The van der Waals surface area contributed by atoms with E-state index in [4.69, 9.17) is 16.3 Å². The lowest BCUT2D eigenvalue weighted by molar-refractivity contribution is 0.298. The van der Waals surface area contributed by atoms with Gasteiger partial charge in [-0.05, 0) is 19.8 Å². The van der Waals surface area contributed by atoms with Crippen LogP contribution in [0, 0.1) is 6.92 Å². The van der Waals surface area contributed by atoms with Crippen LogP contribution in [-0.4, -0.2) is 16.3 Å². The lowest BCUT2D eigenvalue weighted by Crippen LogP contribution is -2.00. The summed E-state index contributed by atoms with van der Waals surface area (Å²) in [4.78, 5) is 0. The van der Waals surface area contributed by atoms with Crippen molar-refractivity contribution < 1.29 is 4.74 Å². The summed E-state index contributed by atoms with van der Waals surface area (Å²) in [5.74, 6) is 0.762. The molecule has 0 amide bonds. The molecule has 0 spiro atoms. The molecule has 1 aromatic heterocycles. The third-order valence-electron chi connectivity index (χ3n) is 1.72. The van der Waals surface area contributed by atoms with Gasteiger partial charge in [-0.15, -0.1) is 5.10 Å². The first-order valence-electron chi connectivity index (χ1n) is 3.92. The molecule has 1 heterocycles. The van der Waals surface area contributed by atoms with Gasteiger partial charge >= 0.3 is 0 Å². The molecule has 0 aromatic carbocycles. The highest BCUT2D eigenvalue weighted by Gasteiger charge is 2.24. The monoisotopic (exact) mass is 184 g/mol. The Morgan fingerprint density at radius 1 is 1.50 bits per heavy atom. The minimum atomic E-state index is 0.379. The molecule has 0 bridgehead atoms. The Morgan fingerprint density at radius 3 is 2.92 bits per heavy atom. The topological polar surface area (TPSA) is 35.0 Å². The highest BCUT2D eigenvalue weighted by molar-refractivity contribution is 6.29. The normalized spacial score (nSPS) is 16.2. The molecular formula is C8H9ClN2O. The second-order valence-electron chi connectivity index (χ2n) is 2.93. The molecule has 64 valence electrons. The number of rotatable bonds is 2. The van der Waals surface area contributed by atoms with Gasteiger partial charge in [0.1, 0.15) is 11.4 Å². The average Bonchev–Trinajstić information content (AvgIpc) is 2.81. The maximum atomic E-state index is 5.67. The number of nitrogens with zero attached hydrogens (tertiary/aromatic N) is 2. The standard InChI is InChI=1S/C8H9ClN2O/c1-5-7(12-6-2-3-6)4-8(9)11-10-5/h4,6H,2-3H2,1H3. The van der Waals surface area contributed by atoms with Crippen LogP contribution in [0.2, 0.25) is 5.15 Å². The van der Waals surface area contributed by atoms with Gasteiger partial charge in [0.25, 0.3) is 0 Å². The molecule has 3 nitrogen and oxygen atoms in total. The van der Waals surface area contributed by atoms with E-state index in [0.717, 1.165) is 24.3 Å². The Kier molecular flexibility index (Phi) is 1.89. The lowest BCUT2D eigenvalue weighted by Gasteiger charge is -2.05. The van der Waals surface area contributed by atoms with Crippen LogP contribution < -0.4 is 4.74 Å². The Balaban J connectivity index is 2.21. The van der Waals surface area contributed by atoms with E-state index in [0.29, 0.717) is 11.3 Å². The fourth-order valence-electron chi connectivity index (χ4n) is 0.898. The van der Waals surface area contributed by atoms with Gasteiger partial charge in [0.15, 0.2) is 5.15 Å². The van der Waals surface area contributed by atoms with Gasteiger partial charge in [-0.2, -0.15) is 5.10 Å². The van der Waals surface area contributed by atoms with E-state index < -0.39 is 0 Å². The summed E-state index contributed by atoms with van der Waals surface area (Å²) in [6, 6.07) is 1.71. The largest absolute Gasteiger partial charge is 0.488 e. The number of hydrogen-bond acceptors (Lipinski definition) is 3. The van der Waals surface area contributed by atoms with E-state index in [1.165, 1.54) is 0 Å². The number of ether oxygens (including phenoxy) is 1. The zero-order valence-corrected chi connectivity index (χ0v) is 7.51. The predicted octanol–water partition coefficient (Wildman–Crippen LogP) is 1.98. The Morgan fingerprint density at radius 2 is 2.25 bits per heavy atom. The van der Waals surface area contributed by atoms with Gasteiger partial charge in [-0.25, -0.2) is 0 Å². The van der Waals surface area contributed by atoms with E-state index in [-0.39, 0.29) is 0 Å². The van der Waals surface area contributed by atoms with Crippen molar-refractivity contribution in [1.29, 1.82) is 0 Å². The van der Waals surface area contributed by atoms with Crippen molar-refractivity contribution in [1.82, 2.24) is 10.2 Å². The molecule has 1 aliphatic carbocycles. The molecule has 2 rings (SSSR count). The highest BCUT2D eigenvalue weighted by atomic mass is 35.5. The van der Waals surface area contributed by atoms with Gasteiger partial charge < -0.3 is 4.74 Å². The Hall–Kier alpha value is -0.830. The van der Waals surface area contributed by atoms with Gasteiger partial charge in [0.2, 0.25) is 0 Å². The molecule has 12 heavy (non-hydrogen) atoms. The van der Waals surface area contributed by atoms with Crippen molar-refractivity contribution in [2.24, 2.45) is 0 Å². The number of aryl methyl sites for hydroxylation is 1. The minimum absolute atomic E-state index is 0.379. The van der Waals surface area contributed by atoms with Crippen molar-refractivity contribution in [2.75, 3.05) is 0 Å². The summed E-state index contributed by atoms with van der Waals surface area (Å²) >= 11 is 5.67. The van der Waals surface area contributed by atoms with Gasteiger partial charge in [0, 0.05) is 6.07 Å². The van der Waals surface area contributed by atoms with Crippen LogP contribution >= 0.6 is 11.6 Å². The van der Waals surface area contributed by atoms with Gasteiger partial charge in [-0.1, -0.05) is 11.6 Å². The molecule has 0 saturated heterocycles. The Bertz CT molecular complexity index is 299. The van der Waals surface area contributed by atoms with Crippen LogP contribution in [-0.2, 0) is 0 Å². The van der Waals surface area contributed by atoms with E-state index in [1.54, 1.807) is 6.07 Å². The first kappa shape index (κ1) is 7.80. The third kappa shape index (κ3) is 1.67. The molecule has 0 aliphatic heterocycles. The molecule has 1 aliphatic rings. The van der Waals surface area contributed by atoms with Crippen molar-refractivity contribution >= 4 is 11.6 Å². The molecule has 4 heteroatoms. The molecular weight excluding hydrogens is 176 g/mol. The number of halogens is 1. The van der Waals surface area contributed by atoms with Crippen molar-refractivity contribution in [3.63, 3.8) is 0 Å². The number of hydrogen-bond donors (Lipinski definition) is 0. The van der Waals surface area contributed by atoms with Crippen molar-refractivity contribution in [3.05, 3.63) is 16.9 Å². The summed E-state index contributed by atoms with van der Waals surface area (Å²) in [5, 5.41) is 7.94. The maximum Gasteiger partial charge on any atom is 0.155 e. The minimum Gasteiger partial charge on any atom is -0.488 e. The van der Waals surface area contributed by atoms with Crippen LogP contribution in [0.1, 0.15) is 18.5 Å². The second-order valence-corrected chi connectivity index (χ2v) is 3.32. The fraction of sp³-hybridized carbons (Fsp3) is 0.500. The van der Waals surface area contributed by atoms with Gasteiger partial charge in [-0.3, -0.25) is 0 Å². The van der Waals surface area contributed by atoms with Crippen molar-refractivity contribution in [2.45, 2.75) is 25.9 Å².